The largest absolute Gasteiger partial charge is 0.299 e. The fourth-order valence-corrected chi connectivity index (χ4v) is 2.71. The molecule has 2 heterocycles. The van der Waals surface area contributed by atoms with Crippen LogP contribution >= 0.6 is 22.9 Å². The van der Waals surface area contributed by atoms with E-state index in [0.29, 0.717) is 5.01 Å². The Bertz CT molecular complexity index is 703. The first kappa shape index (κ1) is 12.2. The van der Waals surface area contributed by atoms with Crippen molar-refractivity contribution in [3.8, 4) is 0 Å². The van der Waals surface area contributed by atoms with E-state index in [1.165, 1.54) is 11.0 Å². The highest BCUT2D eigenvalue weighted by atomic mass is 35.5. The third-order valence-corrected chi connectivity index (χ3v) is 3.67. The van der Waals surface area contributed by atoms with Gasteiger partial charge in [-0.3, -0.25) is 14.5 Å². The number of fused-ring (bicyclic) bond motifs is 1. The summed E-state index contributed by atoms with van der Waals surface area (Å²) in [6.07, 6.45) is 0. The Labute approximate surface area is 115 Å². The smallest absolute Gasteiger partial charge is 0.298 e. The number of halogens is 2. The highest BCUT2D eigenvalue weighted by Crippen LogP contribution is 2.31. The van der Waals surface area contributed by atoms with Crippen LogP contribution < -0.4 is 4.90 Å². The van der Waals surface area contributed by atoms with Gasteiger partial charge in [0.25, 0.3) is 11.7 Å². The summed E-state index contributed by atoms with van der Waals surface area (Å²) >= 11 is 6.75. The van der Waals surface area contributed by atoms with Gasteiger partial charge >= 0.3 is 0 Å². The number of hydrogen-bond acceptors (Lipinski definition) is 5. The number of hydrogen-bond donors (Lipinski definition) is 0. The first-order valence-electron chi connectivity index (χ1n) is 5.20. The SMILES string of the molecule is O=C1C(=O)N(Cc2nnc(Cl)s2)c2cc(F)ccc21. The zero-order valence-corrected chi connectivity index (χ0v) is 10.8. The molecule has 1 aromatic carbocycles. The molecule has 0 saturated carbocycles. The maximum Gasteiger partial charge on any atom is 0.299 e. The number of rotatable bonds is 2. The molecule has 8 heteroatoms. The standard InChI is InChI=1S/C11H5ClFN3O2S/c12-11-15-14-8(19-11)4-16-7-3-5(13)1-2-6(7)9(17)10(16)18/h1-3H,4H2. The van der Waals surface area contributed by atoms with E-state index < -0.39 is 17.5 Å². The fourth-order valence-electron chi connectivity index (χ4n) is 1.86. The van der Waals surface area contributed by atoms with Crippen molar-refractivity contribution in [2.45, 2.75) is 6.54 Å². The van der Waals surface area contributed by atoms with Crippen molar-refractivity contribution in [3.05, 3.63) is 39.1 Å². The van der Waals surface area contributed by atoms with Gasteiger partial charge in [-0.15, -0.1) is 10.2 Å². The van der Waals surface area contributed by atoms with Crippen molar-refractivity contribution < 1.29 is 14.0 Å². The number of aromatic nitrogens is 2. The van der Waals surface area contributed by atoms with Crippen molar-refractivity contribution in [1.82, 2.24) is 10.2 Å². The van der Waals surface area contributed by atoms with Crippen molar-refractivity contribution in [3.63, 3.8) is 0 Å². The number of carbonyl (C=O) groups is 2. The molecule has 1 aliphatic rings. The van der Waals surface area contributed by atoms with E-state index in [1.807, 2.05) is 0 Å². The van der Waals surface area contributed by atoms with Crippen molar-refractivity contribution in [1.29, 1.82) is 0 Å². The summed E-state index contributed by atoms with van der Waals surface area (Å²) in [4.78, 5) is 24.8. The molecule has 0 aliphatic carbocycles. The van der Waals surface area contributed by atoms with Crippen LogP contribution in [0.25, 0.3) is 0 Å². The van der Waals surface area contributed by atoms with Crippen molar-refractivity contribution in [2.75, 3.05) is 4.90 Å². The highest BCUT2D eigenvalue weighted by molar-refractivity contribution is 7.15. The second-order valence-electron chi connectivity index (χ2n) is 3.83. The lowest BCUT2D eigenvalue weighted by molar-refractivity contribution is -0.114. The van der Waals surface area contributed by atoms with Gasteiger partial charge in [0, 0.05) is 0 Å². The van der Waals surface area contributed by atoms with E-state index in [1.54, 1.807) is 0 Å². The first-order chi connectivity index (χ1) is 9.06. The molecule has 0 N–H and O–H groups in total. The molecular formula is C11H5ClFN3O2S. The van der Waals surface area contributed by atoms with Crippen LogP contribution in [0, 0.1) is 5.82 Å². The Hall–Kier alpha value is -1.86. The Morgan fingerprint density at radius 3 is 2.79 bits per heavy atom. The molecule has 0 bridgehead atoms. The molecule has 19 heavy (non-hydrogen) atoms. The van der Waals surface area contributed by atoms with Gasteiger partial charge in [0.1, 0.15) is 10.8 Å². The molecule has 0 fully saturated rings. The van der Waals surface area contributed by atoms with E-state index in [2.05, 4.69) is 10.2 Å². The maximum atomic E-state index is 13.2. The molecule has 5 nitrogen and oxygen atoms in total. The monoisotopic (exact) mass is 297 g/mol. The average Bonchev–Trinajstić information content (AvgIpc) is 2.88. The molecule has 0 unspecified atom stereocenters. The minimum absolute atomic E-state index is 0.0470. The molecule has 1 aromatic heterocycles. The lowest BCUT2D eigenvalue weighted by atomic mass is 10.1. The van der Waals surface area contributed by atoms with Gasteiger partial charge in [-0.05, 0) is 29.8 Å². The van der Waals surface area contributed by atoms with Crippen LogP contribution in [0.5, 0.6) is 0 Å². The molecule has 1 aliphatic heterocycles. The second-order valence-corrected chi connectivity index (χ2v) is 5.47. The predicted molar refractivity (Wildman–Crippen MR) is 66.8 cm³/mol. The fraction of sp³-hybridized carbons (Fsp3) is 0.0909. The normalized spacial score (nSPS) is 14.1. The van der Waals surface area contributed by atoms with E-state index in [-0.39, 0.29) is 22.3 Å². The van der Waals surface area contributed by atoms with Crippen molar-refractivity contribution >= 4 is 40.3 Å². The van der Waals surface area contributed by atoms with E-state index in [0.717, 1.165) is 23.5 Å². The lowest BCUT2D eigenvalue weighted by Crippen LogP contribution is -2.29. The van der Waals surface area contributed by atoms with E-state index >= 15 is 0 Å². The van der Waals surface area contributed by atoms with Gasteiger partial charge < -0.3 is 0 Å². The number of ketones is 1. The topological polar surface area (TPSA) is 63.2 Å². The molecule has 0 saturated heterocycles. The van der Waals surface area contributed by atoms with Gasteiger partial charge in [-0.2, -0.15) is 0 Å². The molecule has 0 atom stereocenters. The summed E-state index contributed by atoms with van der Waals surface area (Å²) in [6.45, 7) is 0.0470. The Balaban J connectivity index is 2.01. The number of carbonyl (C=O) groups excluding carboxylic acids is 2. The maximum absolute atomic E-state index is 13.2. The number of benzene rings is 1. The van der Waals surface area contributed by atoms with Gasteiger partial charge in [0.15, 0.2) is 0 Å². The second kappa shape index (κ2) is 4.36. The molecule has 1 amide bonds. The first-order valence-corrected chi connectivity index (χ1v) is 6.39. The lowest BCUT2D eigenvalue weighted by Gasteiger charge is -2.14. The number of amides is 1. The third kappa shape index (κ3) is 2.00. The Morgan fingerprint density at radius 2 is 2.11 bits per heavy atom. The van der Waals surface area contributed by atoms with Gasteiger partial charge in [0.05, 0.1) is 17.8 Å². The van der Waals surface area contributed by atoms with E-state index in [9.17, 15) is 14.0 Å². The quantitative estimate of drug-likeness (QED) is 0.796. The molecular weight excluding hydrogens is 293 g/mol. The zero-order valence-electron chi connectivity index (χ0n) is 9.26. The van der Waals surface area contributed by atoms with Crippen LogP contribution in [0.2, 0.25) is 4.47 Å². The van der Waals surface area contributed by atoms with Crippen LogP contribution in [0.15, 0.2) is 18.2 Å². The summed E-state index contributed by atoms with van der Waals surface area (Å²) in [5, 5.41) is 7.86. The summed E-state index contributed by atoms with van der Waals surface area (Å²) in [5.41, 5.74) is 0.448. The summed E-state index contributed by atoms with van der Waals surface area (Å²) < 4.78 is 13.5. The molecule has 0 spiro atoms. The van der Waals surface area contributed by atoms with Crippen LogP contribution in [-0.4, -0.2) is 21.9 Å². The highest BCUT2D eigenvalue weighted by Gasteiger charge is 2.36. The summed E-state index contributed by atoms with van der Waals surface area (Å²) in [5.74, 6) is -1.86. The van der Waals surface area contributed by atoms with Crippen LogP contribution in [-0.2, 0) is 11.3 Å². The minimum atomic E-state index is -0.702. The summed E-state index contributed by atoms with van der Waals surface area (Å²) in [6, 6.07) is 3.61. The third-order valence-electron chi connectivity index (χ3n) is 2.67. The molecule has 0 radical (unpaired) electrons. The zero-order chi connectivity index (χ0) is 13.6. The predicted octanol–water partition coefficient (Wildman–Crippen LogP) is 2.06. The van der Waals surface area contributed by atoms with Gasteiger partial charge in [-0.25, -0.2) is 4.39 Å². The van der Waals surface area contributed by atoms with Crippen LogP contribution in [0.3, 0.4) is 0 Å². The number of nitrogens with zero attached hydrogens (tertiary/aromatic N) is 3. The minimum Gasteiger partial charge on any atom is -0.298 e. The molecule has 96 valence electrons. The van der Waals surface area contributed by atoms with Gasteiger partial charge in [-0.1, -0.05) is 11.3 Å². The summed E-state index contributed by atoms with van der Waals surface area (Å²) in [7, 11) is 0. The van der Waals surface area contributed by atoms with Crippen LogP contribution in [0.1, 0.15) is 15.4 Å². The Morgan fingerprint density at radius 1 is 1.32 bits per heavy atom. The Kier molecular flexibility index (Phi) is 2.79. The molecule has 2 aromatic rings. The molecule has 3 rings (SSSR count). The number of Topliss-reactive ketones (excluding diaryl/α,β-unsaturated/α-hetero) is 1. The average molecular weight is 298 g/mol. The van der Waals surface area contributed by atoms with Crippen molar-refractivity contribution in [2.24, 2.45) is 0 Å². The number of anilines is 1. The van der Waals surface area contributed by atoms with Gasteiger partial charge in [0.2, 0.25) is 4.47 Å². The van der Waals surface area contributed by atoms with E-state index in [4.69, 9.17) is 11.6 Å². The van der Waals surface area contributed by atoms with Crippen LogP contribution in [0.4, 0.5) is 10.1 Å².